The molecule has 3 N–H and O–H groups in total. The molecule has 1 heterocycles. The van der Waals surface area contributed by atoms with Gasteiger partial charge in [0.15, 0.2) is 0 Å². The molecule has 0 aliphatic heterocycles. The van der Waals surface area contributed by atoms with Crippen LogP contribution in [0, 0.1) is 18.3 Å². The largest absolute Gasteiger partial charge is 0.397 e. The summed E-state index contributed by atoms with van der Waals surface area (Å²) in [4.78, 5) is 4.35. The van der Waals surface area contributed by atoms with E-state index >= 15 is 0 Å². The SMILES string of the molecule is Cc1cc(NCC(C)(C)C2CCCCC2)ncc1N. The number of nitrogen functional groups attached to an aromatic ring is 1. The summed E-state index contributed by atoms with van der Waals surface area (Å²) in [5.74, 6) is 1.78. The van der Waals surface area contributed by atoms with Crippen LogP contribution < -0.4 is 11.1 Å². The number of hydrogen-bond acceptors (Lipinski definition) is 3. The quantitative estimate of drug-likeness (QED) is 0.861. The summed E-state index contributed by atoms with van der Waals surface area (Å²) in [7, 11) is 0. The van der Waals surface area contributed by atoms with E-state index in [1.807, 2.05) is 13.0 Å². The lowest BCUT2D eigenvalue weighted by Crippen LogP contribution is -2.33. The van der Waals surface area contributed by atoms with E-state index in [9.17, 15) is 0 Å². The van der Waals surface area contributed by atoms with Crippen molar-refractivity contribution in [2.75, 3.05) is 17.6 Å². The van der Waals surface area contributed by atoms with Crippen LogP contribution in [0.15, 0.2) is 12.3 Å². The van der Waals surface area contributed by atoms with Gasteiger partial charge in [-0.15, -0.1) is 0 Å². The van der Waals surface area contributed by atoms with Gasteiger partial charge in [0.2, 0.25) is 0 Å². The van der Waals surface area contributed by atoms with Crippen LogP contribution in [0.4, 0.5) is 11.5 Å². The number of nitrogens with one attached hydrogen (secondary N) is 1. The highest BCUT2D eigenvalue weighted by atomic mass is 15.0. The van der Waals surface area contributed by atoms with Crippen LogP contribution in [0.2, 0.25) is 0 Å². The van der Waals surface area contributed by atoms with Crippen LogP contribution >= 0.6 is 0 Å². The average molecular weight is 261 g/mol. The van der Waals surface area contributed by atoms with Crippen molar-refractivity contribution in [3.8, 4) is 0 Å². The van der Waals surface area contributed by atoms with Gasteiger partial charge in [-0.3, -0.25) is 0 Å². The molecule has 0 atom stereocenters. The third-order valence-electron chi connectivity index (χ3n) is 4.59. The molecule has 0 saturated heterocycles. The smallest absolute Gasteiger partial charge is 0.126 e. The fraction of sp³-hybridized carbons (Fsp3) is 0.688. The van der Waals surface area contributed by atoms with Gasteiger partial charge in [-0.2, -0.15) is 0 Å². The minimum absolute atomic E-state index is 0.331. The third-order valence-corrected chi connectivity index (χ3v) is 4.59. The molecule has 19 heavy (non-hydrogen) atoms. The molecular weight excluding hydrogens is 234 g/mol. The summed E-state index contributed by atoms with van der Waals surface area (Å²) in [5.41, 5.74) is 7.98. The molecule has 0 bridgehead atoms. The zero-order valence-corrected chi connectivity index (χ0v) is 12.5. The van der Waals surface area contributed by atoms with E-state index in [4.69, 9.17) is 5.73 Å². The second-order valence-electron chi connectivity index (χ2n) is 6.60. The fourth-order valence-corrected chi connectivity index (χ4v) is 3.01. The third kappa shape index (κ3) is 3.62. The van der Waals surface area contributed by atoms with Gasteiger partial charge in [0.25, 0.3) is 0 Å². The first-order valence-electron chi connectivity index (χ1n) is 7.45. The Morgan fingerprint density at radius 3 is 2.63 bits per heavy atom. The van der Waals surface area contributed by atoms with Crippen molar-refractivity contribution in [2.45, 2.75) is 52.9 Å². The maximum Gasteiger partial charge on any atom is 0.126 e. The summed E-state index contributed by atoms with van der Waals surface area (Å²) >= 11 is 0. The second-order valence-corrected chi connectivity index (χ2v) is 6.60. The Labute approximate surface area is 117 Å². The Morgan fingerprint density at radius 2 is 2.00 bits per heavy atom. The minimum Gasteiger partial charge on any atom is -0.397 e. The average Bonchev–Trinajstić information content (AvgIpc) is 2.41. The molecule has 1 aromatic heterocycles. The maximum absolute atomic E-state index is 5.80. The number of aryl methyl sites for hydroxylation is 1. The van der Waals surface area contributed by atoms with Crippen LogP contribution in [0.25, 0.3) is 0 Å². The molecule has 3 heteroatoms. The monoisotopic (exact) mass is 261 g/mol. The van der Waals surface area contributed by atoms with Gasteiger partial charge in [0, 0.05) is 6.54 Å². The van der Waals surface area contributed by atoms with Gasteiger partial charge < -0.3 is 11.1 Å². The predicted octanol–water partition coefficient (Wildman–Crippen LogP) is 3.99. The summed E-state index contributed by atoms with van der Waals surface area (Å²) in [6.45, 7) is 7.75. The summed E-state index contributed by atoms with van der Waals surface area (Å²) in [5, 5.41) is 3.48. The summed E-state index contributed by atoms with van der Waals surface area (Å²) in [6.07, 6.45) is 8.70. The van der Waals surface area contributed by atoms with E-state index in [1.54, 1.807) is 6.20 Å². The van der Waals surface area contributed by atoms with Crippen LogP contribution in [0.5, 0.6) is 0 Å². The number of nitrogens with zero attached hydrogens (tertiary/aromatic N) is 1. The number of rotatable bonds is 4. The first-order chi connectivity index (χ1) is 8.99. The lowest BCUT2D eigenvalue weighted by atomic mass is 9.71. The molecule has 1 aromatic rings. The van der Waals surface area contributed by atoms with Crippen molar-refractivity contribution in [1.82, 2.24) is 4.98 Å². The number of hydrogen-bond donors (Lipinski definition) is 2. The topological polar surface area (TPSA) is 50.9 Å². The van der Waals surface area contributed by atoms with E-state index < -0.39 is 0 Å². The normalized spacial score (nSPS) is 17.4. The predicted molar refractivity (Wildman–Crippen MR) is 82.2 cm³/mol. The van der Waals surface area contributed by atoms with Gasteiger partial charge in [-0.25, -0.2) is 4.98 Å². The van der Waals surface area contributed by atoms with E-state index in [1.165, 1.54) is 32.1 Å². The Kier molecular flexibility index (Phi) is 4.33. The molecule has 0 radical (unpaired) electrons. The highest BCUT2D eigenvalue weighted by Crippen LogP contribution is 2.38. The lowest BCUT2D eigenvalue weighted by Gasteiger charge is -2.37. The Bertz CT molecular complexity index is 420. The van der Waals surface area contributed by atoms with E-state index in [0.717, 1.165) is 29.5 Å². The number of anilines is 2. The summed E-state index contributed by atoms with van der Waals surface area (Å²) < 4.78 is 0. The van der Waals surface area contributed by atoms with Crippen molar-refractivity contribution >= 4 is 11.5 Å². The van der Waals surface area contributed by atoms with Gasteiger partial charge in [-0.05, 0) is 42.7 Å². The molecule has 0 spiro atoms. The van der Waals surface area contributed by atoms with Crippen molar-refractivity contribution in [3.05, 3.63) is 17.8 Å². The van der Waals surface area contributed by atoms with Gasteiger partial charge in [0.1, 0.15) is 5.82 Å². The Hall–Kier alpha value is -1.25. The van der Waals surface area contributed by atoms with Gasteiger partial charge in [0.05, 0.1) is 11.9 Å². The molecule has 2 rings (SSSR count). The number of nitrogens with two attached hydrogens (primary N) is 1. The lowest BCUT2D eigenvalue weighted by molar-refractivity contribution is 0.172. The van der Waals surface area contributed by atoms with Gasteiger partial charge >= 0.3 is 0 Å². The van der Waals surface area contributed by atoms with Crippen molar-refractivity contribution in [3.63, 3.8) is 0 Å². The first kappa shape index (κ1) is 14.2. The number of pyridine rings is 1. The zero-order valence-electron chi connectivity index (χ0n) is 12.5. The molecule has 1 aliphatic carbocycles. The maximum atomic E-state index is 5.80. The molecular formula is C16H27N3. The van der Waals surface area contributed by atoms with Gasteiger partial charge in [-0.1, -0.05) is 33.1 Å². The van der Waals surface area contributed by atoms with Crippen LogP contribution in [0.1, 0.15) is 51.5 Å². The molecule has 3 nitrogen and oxygen atoms in total. The van der Waals surface area contributed by atoms with Crippen molar-refractivity contribution in [2.24, 2.45) is 11.3 Å². The highest BCUT2D eigenvalue weighted by molar-refractivity contribution is 5.50. The van der Waals surface area contributed by atoms with Crippen LogP contribution in [-0.4, -0.2) is 11.5 Å². The molecule has 106 valence electrons. The van der Waals surface area contributed by atoms with E-state index in [0.29, 0.717) is 5.41 Å². The fourth-order valence-electron chi connectivity index (χ4n) is 3.01. The first-order valence-corrected chi connectivity index (χ1v) is 7.45. The standard InChI is InChI=1S/C16H27N3/c1-12-9-15(18-10-14(12)17)19-11-16(2,3)13-7-5-4-6-8-13/h9-10,13H,4-8,11,17H2,1-3H3,(H,18,19). The zero-order chi connectivity index (χ0) is 13.9. The Morgan fingerprint density at radius 1 is 1.32 bits per heavy atom. The number of aromatic nitrogens is 1. The highest BCUT2D eigenvalue weighted by Gasteiger charge is 2.30. The molecule has 0 unspecified atom stereocenters. The van der Waals surface area contributed by atoms with E-state index in [2.05, 4.69) is 24.1 Å². The Balaban J connectivity index is 1.94. The summed E-state index contributed by atoms with van der Waals surface area (Å²) in [6, 6.07) is 2.03. The van der Waals surface area contributed by atoms with E-state index in [-0.39, 0.29) is 0 Å². The molecule has 1 aliphatic rings. The second kappa shape index (κ2) is 5.81. The molecule has 0 aromatic carbocycles. The molecule has 0 amide bonds. The van der Waals surface area contributed by atoms with Crippen molar-refractivity contribution < 1.29 is 0 Å². The van der Waals surface area contributed by atoms with Crippen molar-refractivity contribution in [1.29, 1.82) is 0 Å². The molecule has 1 fully saturated rings. The molecule has 1 saturated carbocycles. The minimum atomic E-state index is 0.331. The van der Waals surface area contributed by atoms with Crippen LogP contribution in [-0.2, 0) is 0 Å². The van der Waals surface area contributed by atoms with Crippen LogP contribution in [0.3, 0.4) is 0 Å².